The van der Waals surface area contributed by atoms with Crippen LogP contribution >= 0.6 is 0 Å². The quantitative estimate of drug-likeness (QED) is 0.0359. The number of hydrogen-bond donors (Lipinski definition) is 0. The molecule has 1 aliphatic carbocycles. The van der Waals surface area contributed by atoms with Gasteiger partial charge in [-0.15, -0.1) is 0 Å². The lowest BCUT2D eigenvalue weighted by Crippen LogP contribution is -2.40. The molecular weight excluding hydrogens is 673 g/mol. The Labute approximate surface area is 335 Å². The second-order valence-corrected chi connectivity index (χ2v) is 18.3. The Balaban J connectivity index is 2.44. The Kier molecular flexibility index (Phi) is 32.4. The highest BCUT2D eigenvalue weighted by Gasteiger charge is 2.43. The molecule has 0 N–H and O–H groups in total. The SMILES string of the molecule is CC(C)CCCCCCCCCCOC(=O)C1CCC(C(=O)OCCCCCCCCCCC(C)C)C(C(=O)OCCCCCCCCCCC(C)C)C1. The van der Waals surface area contributed by atoms with Gasteiger partial charge in [0.05, 0.1) is 37.6 Å². The fourth-order valence-corrected chi connectivity index (χ4v) is 7.92. The van der Waals surface area contributed by atoms with Crippen molar-refractivity contribution >= 4 is 17.9 Å². The van der Waals surface area contributed by atoms with Crippen LogP contribution in [-0.2, 0) is 28.6 Å². The molecule has 0 saturated heterocycles. The predicted octanol–water partition coefficient (Wildman–Crippen LogP) is 14.1. The van der Waals surface area contributed by atoms with Gasteiger partial charge in [-0.25, -0.2) is 0 Å². The normalized spacial score (nSPS) is 17.4. The standard InChI is InChI=1S/C48H90O6/c1-40(2)31-25-19-13-7-10-16-22-28-36-52-46(49)43-34-35-44(47(50)53-37-29-23-17-11-8-14-20-26-32-41(3)4)45(39-43)48(51)54-38-30-24-18-12-9-15-21-27-33-42(5)6/h40-45H,7-39H2,1-6H3. The van der Waals surface area contributed by atoms with E-state index in [1.165, 1.54) is 128 Å². The zero-order chi connectivity index (χ0) is 39.7. The summed E-state index contributed by atoms with van der Waals surface area (Å²) < 4.78 is 17.2. The Morgan fingerprint density at radius 1 is 0.370 bits per heavy atom. The first kappa shape index (κ1) is 50.4. The summed E-state index contributed by atoms with van der Waals surface area (Å²) in [5.74, 6) is -0.0520. The minimum atomic E-state index is -0.647. The van der Waals surface area contributed by atoms with E-state index in [-0.39, 0.29) is 23.8 Å². The van der Waals surface area contributed by atoms with E-state index < -0.39 is 11.8 Å². The summed E-state index contributed by atoms with van der Waals surface area (Å²) in [6, 6.07) is 0. The minimum absolute atomic E-state index is 0.228. The molecule has 0 radical (unpaired) electrons. The van der Waals surface area contributed by atoms with Gasteiger partial charge in [-0.2, -0.15) is 0 Å². The van der Waals surface area contributed by atoms with Crippen LogP contribution in [0.5, 0.6) is 0 Å². The van der Waals surface area contributed by atoms with Crippen LogP contribution in [0.1, 0.15) is 234 Å². The summed E-state index contributed by atoms with van der Waals surface area (Å²) in [5.41, 5.74) is 0. The average molecular weight is 763 g/mol. The van der Waals surface area contributed by atoms with E-state index in [2.05, 4.69) is 41.5 Å². The van der Waals surface area contributed by atoms with Crippen molar-refractivity contribution in [3.63, 3.8) is 0 Å². The van der Waals surface area contributed by atoms with Gasteiger partial charge in [-0.05, 0) is 56.3 Å². The van der Waals surface area contributed by atoms with Crippen LogP contribution < -0.4 is 0 Å². The van der Waals surface area contributed by atoms with Crippen molar-refractivity contribution in [1.29, 1.82) is 0 Å². The van der Waals surface area contributed by atoms with Crippen LogP contribution in [0.15, 0.2) is 0 Å². The average Bonchev–Trinajstić information content (AvgIpc) is 3.14. The smallest absolute Gasteiger partial charge is 0.309 e. The second kappa shape index (κ2) is 34.6. The highest BCUT2D eigenvalue weighted by molar-refractivity contribution is 5.83. The topological polar surface area (TPSA) is 78.9 Å². The van der Waals surface area contributed by atoms with Crippen LogP contribution in [-0.4, -0.2) is 37.7 Å². The Morgan fingerprint density at radius 2 is 0.648 bits per heavy atom. The molecule has 0 aromatic carbocycles. The van der Waals surface area contributed by atoms with Gasteiger partial charge in [0.2, 0.25) is 0 Å². The molecule has 0 amide bonds. The Hall–Kier alpha value is -1.59. The molecule has 0 aromatic rings. The number of hydrogen-bond acceptors (Lipinski definition) is 6. The van der Waals surface area contributed by atoms with Gasteiger partial charge in [0.15, 0.2) is 0 Å². The third-order valence-electron chi connectivity index (χ3n) is 11.5. The predicted molar refractivity (Wildman–Crippen MR) is 226 cm³/mol. The minimum Gasteiger partial charge on any atom is -0.465 e. The van der Waals surface area contributed by atoms with Crippen LogP contribution in [0.3, 0.4) is 0 Å². The zero-order valence-electron chi connectivity index (χ0n) is 36.7. The summed E-state index contributed by atoms with van der Waals surface area (Å²) >= 11 is 0. The highest BCUT2D eigenvalue weighted by Crippen LogP contribution is 2.36. The number of esters is 3. The van der Waals surface area contributed by atoms with Gasteiger partial charge in [0, 0.05) is 0 Å². The van der Waals surface area contributed by atoms with Crippen LogP contribution in [0.2, 0.25) is 0 Å². The number of carbonyl (C=O) groups is 3. The summed E-state index contributed by atoms with van der Waals surface area (Å²) in [5, 5.41) is 0. The molecule has 54 heavy (non-hydrogen) atoms. The second-order valence-electron chi connectivity index (χ2n) is 18.3. The number of ether oxygens (including phenoxy) is 3. The fraction of sp³-hybridized carbons (Fsp3) is 0.938. The molecule has 6 heteroatoms. The molecule has 3 atom stereocenters. The van der Waals surface area contributed by atoms with Crippen molar-refractivity contribution in [2.75, 3.05) is 19.8 Å². The van der Waals surface area contributed by atoms with Crippen LogP contribution in [0, 0.1) is 35.5 Å². The first-order chi connectivity index (χ1) is 26.1. The monoisotopic (exact) mass is 763 g/mol. The molecule has 0 aliphatic heterocycles. The summed E-state index contributed by atoms with van der Waals surface area (Å²) in [6.45, 7) is 15.0. The Bertz CT molecular complexity index is 898. The van der Waals surface area contributed by atoms with Gasteiger partial charge in [-0.1, -0.05) is 196 Å². The van der Waals surface area contributed by atoms with Gasteiger partial charge in [0.1, 0.15) is 0 Å². The molecule has 6 nitrogen and oxygen atoms in total. The number of rotatable bonds is 36. The molecule has 0 aromatic heterocycles. The fourth-order valence-electron chi connectivity index (χ4n) is 7.92. The maximum atomic E-state index is 13.4. The van der Waals surface area contributed by atoms with E-state index in [1.54, 1.807) is 0 Å². The van der Waals surface area contributed by atoms with E-state index in [0.717, 1.165) is 62.7 Å². The zero-order valence-corrected chi connectivity index (χ0v) is 36.7. The molecule has 0 heterocycles. The number of unbranched alkanes of at least 4 members (excludes halogenated alkanes) is 21. The molecule has 1 fully saturated rings. The third-order valence-corrected chi connectivity index (χ3v) is 11.5. The summed E-state index contributed by atoms with van der Waals surface area (Å²) in [7, 11) is 0. The van der Waals surface area contributed by atoms with E-state index >= 15 is 0 Å². The van der Waals surface area contributed by atoms with Crippen molar-refractivity contribution in [2.24, 2.45) is 35.5 Å². The number of carbonyl (C=O) groups excluding carboxylic acids is 3. The lowest BCUT2D eigenvalue weighted by Gasteiger charge is -2.32. The summed E-state index contributed by atoms with van der Waals surface area (Å²) in [6.07, 6.45) is 34.0. The third kappa shape index (κ3) is 28.8. The molecule has 1 rings (SSSR count). The molecule has 3 unspecified atom stereocenters. The van der Waals surface area contributed by atoms with Gasteiger partial charge in [0.25, 0.3) is 0 Å². The molecule has 0 bridgehead atoms. The first-order valence-electron chi connectivity index (χ1n) is 23.6. The first-order valence-corrected chi connectivity index (χ1v) is 23.6. The maximum absolute atomic E-state index is 13.4. The van der Waals surface area contributed by atoms with Gasteiger partial charge < -0.3 is 14.2 Å². The van der Waals surface area contributed by atoms with E-state index in [9.17, 15) is 14.4 Å². The molecule has 1 aliphatic rings. The highest BCUT2D eigenvalue weighted by atomic mass is 16.5. The largest absolute Gasteiger partial charge is 0.465 e. The van der Waals surface area contributed by atoms with E-state index in [1.807, 2.05) is 0 Å². The molecule has 318 valence electrons. The Morgan fingerprint density at radius 3 is 0.981 bits per heavy atom. The van der Waals surface area contributed by atoms with Gasteiger partial charge in [-0.3, -0.25) is 14.4 Å². The van der Waals surface area contributed by atoms with Crippen molar-refractivity contribution in [2.45, 2.75) is 234 Å². The van der Waals surface area contributed by atoms with Crippen molar-refractivity contribution in [1.82, 2.24) is 0 Å². The molecule has 1 saturated carbocycles. The lowest BCUT2D eigenvalue weighted by atomic mass is 9.74. The van der Waals surface area contributed by atoms with E-state index in [4.69, 9.17) is 14.2 Å². The summed E-state index contributed by atoms with van der Waals surface area (Å²) in [4.78, 5) is 39.8. The van der Waals surface area contributed by atoms with E-state index in [0.29, 0.717) is 39.1 Å². The van der Waals surface area contributed by atoms with Crippen molar-refractivity contribution in [3.05, 3.63) is 0 Å². The van der Waals surface area contributed by atoms with Gasteiger partial charge >= 0.3 is 17.9 Å². The molecule has 0 spiro atoms. The van der Waals surface area contributed by atoms with Crippen LogP contribution in [0.4, 0.5) is 0 Å². The lowest BCUT2D eigenvalue weighted by molar-refractivity contribution is -0.167. The maximum Gasteiger partial charge on any atom is 0.309 e. The van der Waals surface area contributed by atoms with Crippen molar-refractivity contribution < 1.29 is 28.6 Å². The molecular formula is C48H90O6. The van der Waals surface area contributed by atoms with Crippen molar-refractivity contribution in [3.8, 4) is 0 Å². The van der Waals surface area contributed by atoms with Crippen LogP contribution in [0.25, 0.3) is 0 Å².